The number of ether oxygens (including phenoxy) is 8. The molecule has 8 rings (SSSR count). The van der Waals surface area contributed by atoms with Gasteiger partial charge in [0, 0.05) is 139 Å². The maximum absolute atomic E-state index is 12.0. The van der Waals surface area contributed by atoms with Crippen molar-refractivity contribution in [3.8, 4) is 0 Å². The van der Waals surface area contributed by atoms with E-state index >= 15 is 0 Å². The topological polar surface area (TPSA) is 336 Å². The Morgan fingerprint density at radius 1 is 0.287 bits per heavy atom. The molecule has 8 N–H and O–H groups in total. The van der Waals surface area contributed by atoms with Gasteiger partial charge in [-0.3, -0.25) is 49.3 Å². The van der Waals surface area contributed by atoms with Crippen LogP contribution in [0.2, 0.25) is 0 Å². The molecule has 8 aromatic carbocycles. The third-order valence-corrected chi connectivity index (χ3v) is 17.2. The van der Waals surface area contributed by atoms with E-state index in [0.29, 0.717) is 59.2 Å². The van der Waals surface area contributed by atoms with Crippen LogP contribution in [-0.4, -0.2) is 257 Å². The van der Waals surface area contributed by atoms with Crippen LogP contribution in [0.1, 0.15) is 205 Å². The third-order valence-electron chi connectivity index (χ3n) is 17.2. The highest BCUT2D eigenvalue weighted by atomic mass is 16.6. The molecule has 0 aliphatic heterocycles. The van der Waals surface area contributed by atoms with E-state index in [1.807, 2.05) is 286 Å². The van der Waals surface area contributed by atoms with Crippen LogP contribution in [0.5, 0.6) is 0 Å². The van der Waals surface area contributed by atoms with Gasteiger partial charge in [0.2, 0.25) is 0 Å². The monoisotopic (exact) mass is 1880 g/mol. The second kappa shape index (κ2) is 124. The van der Waals surface area contributed by atoms with Crippen LogP contribution in [0, 0.1) is 0 Å². The van der Waals surface area contributed by atoms with E-state index in [-0.39, 0.29) is 39.8 Å². The molecule has 0 amide bonds. The van der Waals surface area contributed by atoms with Crippen LogP contribution in [0.15, 0.2) is 290 Å². The predicted molar refractivity (Wildman–Crippen MR) is 584 cm³/mol. The zero-order valence-electron chi connectivity index (χ0n) is 84.2. The Morgan fingerprint density at radius 3 is 0.706 bits per heavy atom. The summed E-state index contributed by atoms with van der Waals surface area (Å²) in [7, 11) is 25.4. The highest BCUT2D eigenvalue weighted by Gasteiger charge is 2.09. The predicted octanol–water partition coefficient (Wildman–Crippen LogP) is 21.3. The summed E-state index contributed by atoms with van der Waals surface area (Å²) < 4.78 is 42.5. The van der Waals surface area contributed by atoms with Crippen molar-refractivity contribution in [2.45, 2.75) is 156 Å². The second-order valence-electron chi connectivity index (χ2n) is 27.8. The average molecular weight is 1890 g/mol. The number of aliphatic imine (C=N–C) groups is 7. The molecule has 758 valence electrons. The molecule has 8 aromatic rings. The fourth-order valence-corrected chi connectivity index (χ4v) is 10.7. The molecule has 0 saturated carbocycles. The lowest BCUT2D eigenvalue weighted by Crippen LogP contribution is -2.17. The molecule has 0 atom stereocenters. The molecule has 0 aliphatic rings. The molecular weight excluding hydrogens is 1710 g/mol. The maximum atomic E-state index is 12.0. The number of nitrogens with zero attached hydrogens (tertiary/aromatic N) is 8. The van der Waals surface area contributed by atoms with Gasteiger partial charge in [-0.2, -0.15) is 0 Å². The lowest BCUT2D eigenvalue weighted by Gasteiger charge is -2.05. The molecule has 0 radical (unpaired) electrons. The van der Waals surface area contributed by atoms with Crippen molar-refractivity contribution in [3.05, 3.63) is 300 Å². The van der Waals surface area contributed by atoms with Crippen LogP contribution >= 0.6 is 0 Å². The first-order valence-corrected chi connectivity index (χ1v) is 46.2. The number of carbonyl (C=O) groups excluding carboxylic acids is 4. The fraction of sp³-hybridized carbons (Fsp3) is 0.446. The Kier molecular flexibility index (Phi) is 127. The maximum Gasteiger partial charge on any atom is 0.330 e. The van der Waals surface area contributed by atoms with Crippen LogP contribution in [0.3, 0.4) is 0 Å². The summed E-state index contributed by atoms with van der Waals surface area (Å²) in [5, 5.41) is 0. The Bertz CT molecular complexity index is 3500. The molecule has 0 bridgehead atoms. The average Bonchev–Trinajstić information content (AvgIpc) is 1.03. The number of hydrogen-bond donors (Lipinski definition) is 4. The standard InChI is InChI=1S/C33H64NO6.C10H18O5.7C8H9N.C7H6O.4CH5N.2CH4/c1-34(26-24-32(35)39-30-22-18-14-10-6-4-8-12-16-20-28-37-2)27-25-33(36)40-31-23-19-15-11-7-5-9-13-17-21-29-38-3;1-3-10(11)15-9-8-14-7-6-13-5-4-12-2;7*1-9-7-8-5-3-2-4-6-8;8-6-7-4-2-1-3-5-7;4*1-2;;/h26H,4-25,27-31H2,1-3H3;3H,1,4-9H2,2H3;7*2-7H,1H3;1-6H;4*2H2,1H3;2*1H4/q+1;;;;;;;;;;;;;;;. The molecule has 136 heavy (non-hydrogen) atoms. The number of nitrogens with two attached hydrogens (primary N) is 4. The molecular formula is C112H179N12O12+. The minimum absolute atomic E-state index is 0. The summed E-state index contributed by atoms with van der Waals surface area (Å²) in [4.78, 5) is 71.7. The molecule has 0 heterocycles. The van der Waals surface area contributed by atoms with Gasteiger partial charge in [0.1, 0.15) is 32.8 Å². The Labute approximate surface area is 823 Å². The SMILES string of the molecule is C.C.C=CC(=O)OCCOCCOCCOC.CN.CN.CN.CN.CN=Cc1ccccc1.CN=Cc1ccccc1.CN=Cc1ccccc1.CN=Cc1ccccc1.CN=Cc1ccccc1.CN=Cc1ccccc1.CN=Cc1ccccc1.COCCCCCCCCCCCCOC(=O)CC=[N+](C)CCC(=O)OCCCCCCCCCCCCOC.O=Cc1ccccc1. The van der Waals surface area contributed by atoms with Gasteiger partial charge in [0.05, 0.1) is 46.2 Å². The number of aldehydes is 1. The highest BCUT2D eigenvalue weighted by molar-refractivity contribution is 5.85. The van der Waals surface area contributed by atoms with Crippen molar-refractivity contribution >= 4 is 73.9 Å². The number of hydrogen-bond acceptors (Lipinski definition) is 23. The lowest BCUT2D eigenvalue weighted by molar-refractivity contribution is -0.492. The van der Waals surface area contributed by atoms with Gasteiger partial charge >= 0.3 is 17.9 Å². The van der Waals surface area contributed by atoms with Gasteiger partial charge in [0.15, 0.2) is 12.8 Å². The molecule has 0 unspecified atom stereocenters. The van der Waals surface area contributed by atoms with Crippen LogP contribution in [0.25, 0.3) is 0 Å². The molecule has 0 aromatic heterocycles. The first kappa shape index (κ1) is 140. The minimum Gasteiger partial charge on any atom is -0.465 e. The minimum atomic E-state index is -0.435. The first-order chi connectivity index (χ1) is 65.9. The zero-order chi connectivity index (χ0) is 100. The van der Waals surface area contributed by atoms with E-state index in [4.69, 9.17) is 37.9 Å². The number of methoxy groups -OCH3 is 3. The Hall–Kier alpha value is -11.4. The summed E-state index contributed by atoms with van der Waals surface area (Å²) >= 11 is 0. The van der Waals surface area contributed by atoms with E-state index in [1.165, 1.54) is 131 Å². The van der Waals surface area contributed by atoms with Crippen LogP contribution < -0.4 is 22.9 Å². The molecule has 0 fully saturated rings. The third kappa shape index (κ3) is 110. The van der Waals surface area contributed by atoms with Gasteiger partial charge < -0.3 is 60.8 Å². The van der Waals surface area contributed by atoms with E-state index in [9.17, 15) is 19.2 Å². The zero-order valence-corrected chi connectivity index (χ0v) is 84.2. The number of unbranched alkanes of at least 4 members (excludes halogenated alkanes) is 18. The van der Waals surface area contributed by atoms with Crippen molar-refractivity contribution in [2.24, 2.45) is 57.9 Å². The van der Waals surface area contributed by atoms with Crippen molar-refractivity contribution in [1.29, 1.82) is 0 Å². The molecule has 24 heteroatoms. The molecule has 24 nitrogen and oxygen atoms in total. The van der Waals surface area contributed by atoms with E-state index < -0.39 is 5.97 Å². The van der Waals surface area contributed by atoms with Gasteiger partial charge in [-0.05, 0) is 92.8 Å². The van der Waals surface area contributed by atoms with Gasteiger partial charge in [-0.15, -0.1) is 0 Å². The van der Waals surface area contributed by atoms with Crippen molar-refractivity contribution in [1.82, 2.24) is 0 Å². The van der Waals surface area contributed by atoms with Gasteiger partial charge in [0.25, 0.3) is 0 Å². The van der Waals surface area contributed by atoms with Gasteiger partial charge in [-0.25, -0.2) is 9.37 Å². The number of benzene rings is 8. The number of rotatable bonds is 49. The Balaban J connectivity index is -0.000000237. The second-order valence-corrected chi connectivity index (χ2v) is 27.8. The van der Waals surface area contributed by atoms with E-state index in [0.717, 1.165) is 95.8 Å². The summed E-state index contributed by atoms with van der Waals surface area (Å²) in [6, 6.07) is 79.3. The smallest absolute Gasteiger partial charge is 0.330 e. The van der Waals surface area contributed by atoms with E-state index in [1.54, 1.807) is 89.0 Å². The quantitative estimate of drug-likeness (QED) is 0.00523. The largest absolute Gasteiger partial charge is 0.465 e. The molecule has 0 saturated heterocycles. The van der Waals surface area contributed by atoms with Crippen LogP contribution in [0.4, 0.5) is 0 Å². The van der Waals surface area contributed by atoms with E-state index in [2.05, 4.69) is 64.5 Å². The van der Waals surface area contributed by atoms with Gasteiger partial charge in [-0.1, -0.05) is 367 Å². The summed E-state index contributed by atoms with van der Waals surface area (Å²) in [5.41, 5.74) is 26.8. The molecule has 0 spiro atoms. The van der Waals surface area contributed by atoms with Crippen molar-refractivity contribution < 1.29 is 61.6 Å². The fourth-order valence-electron chi connectivity index (χ4n) is 10.7. The summed E-state index contributed by atoms with van der Waals surface area (Å²) in [6.07, 6.45) is 41.6. The normalized spacial score (nSPS) is 9.98. The number of carbonyl (C=O) groups is 4. The van der Waals surface area contributed by atoms with Crippen LogP contribution in [-0.2, 0) is 52.3 Å². The lowest BCUT2D eigenvalue weighted by atomic mass is 10.1. The number of esters is 3. The summed E-state index contributed by atoms with van der Waals surface area (Å²) in [6.45, 7) is 9.33. The van der Waals surface area contributed by atoms with Crippen molar-refractivity contribution in [3.63, 3.8) is 0 Å². The highest BCUT2D eigenvalue weighted by Crippen LogP contribution is 2.13. The summed E-state index contributed by atoms with van der Waals surface area (Å²) in [5.74, 6) is -0.807. The van der Waals surface area contributed by atoms with Crippen molar-refractivity contribution in [2.75, 3.05) is 179 Å². The first-order valence-electron chi connectivity index (χ1n) is 46.2. The molecule has 0 aliphatic carbocycles. The Morgan fingerprint density at radius 2 is 0.493 bits per heavy atom.